The third-order valence-corrected chi connectivity index (χ3v) is 4.97. The summed E-state index contributed by atoms with van der Waals surface area (Å²) in [5.41, 5.74) is 9.90. The number of benzene rings is 2. The van der Waals surface area contributed by atoms with Gasteiger partial charge in [0.1, 0.15) is 0 Å². The molecule has 1 atom stereocenters. The van der Waals surface area contributed by atoms with Gasteiger partial charge in [-0.1, -0.05) is 18.2 Å². The van der Waals surface area contributed by atoms with Crippen LogP contribution >= 0.6 is 0 Å². The van der Waals surface area contributed by atoms with Crippen molar-refractivity contribution in [3.8, 4) is 11.1 Å². The van der Waals surface area contributed by atoms with Gasteiger partial charge in [-0.3, -0.25) is 9.59 Å². The van der Waals surface area contributed by atoms with Gasteiger partial charge in [0.2, 0.25) is 5.91 Å². The summed E-state index contributed by atoms with van der Waals surface area (Å²) in [6, 6.07) is 13.6. The van der Waals surface area contributed by atoms with Crippen LogP contribution in [0.25, 0.3) is 22.2 Å². The van der Waals surface area contributed by atoms with Crippen molar-refractivity contribution < 1.29 is 9.59 Å². The average Bonchev–Trinajstić information content (AvgIpc) is 3.15. The van der Waals surface area contributed by atoms with Crippen LogP contribution in [-0.2, 0) is 4.79 Å². The number of aromatic nitrogens is 2. The normalized spacial score (nSPS) is 17.4. The Morgan fingerprint density at radius 2 is 2.00 bits per heavy atom. The Morgan fingerprint density at radius 3 is 2.85 bits per heavy atom. The van der Waals surface area contributed by atoms with Gasteiger partial charge < -0.3 is 15.6 Å². The lowest BCUT2D eigenvalue weighted by molar-refractivity contribution is -0.123. The molecule has 1 aromatic heterocycles. The maximum Gasteiger partial charge on any atom is 0.253 e. The van der Waals surface area contributed by atoms with E-state index in [0.29, 0.717) is 18.7 Å². The highest BCUT2D eigenvalue weighted by Gasteiger charge is 2.27. The molecule has 0 bridgehead atoms. The van der Waals surface area contributed by atoms with Crippen LogP contribution in [0.3, 0.4) is 0 Å². The fraction of sp³-hybridized carbons (Fsp3) is 0.250. The monoisotopic (exact) mass is 348 g/mol. The fourth-order valence-electron chi connectivity index (χ4n) is 3.52. The number of rotatable bonds is 3. The van der Waals surface area contributed by atoms with Crippen LogP contribution in [0.2, 0.25) is 0 Å². The third kappa shape index (κ3) is 3.06. The smallest absolute Gasteiger partial charge is 0.253 e. The lowest BCUT2D eigenvalue weighted by Gasteiger charge is -2.31. The molecule has 3 N–H and O–H groups in total. The zero-order valence-electron chi connectivity index (χ0n) is 14.3. The first-order valence-corrected chi connectivity index (χ1v) is 8.74. The molecule has 0 radical (unpaired) electrons. The zero-order chi connectivity index (χ0) is 18.1. The molecule has 2 amide bonds. The summed E-state index contributed by atoms with van der Waals surface area (Å²) >= 11 is 0. The molecule has 2 aromatic carbocycles. The number of likely N-dealkylation sites (tertiary alicyclic amines) is 1. The maximum atomic E-state index is 12.9. The molecule has 6 nitrogen and oxygen atoms in total. The zero-order valence-corrected chi connectivity index (χ0v) is 14.3. The molecule has 1 aliphatic heterocycles. The molecule has 0 aliphatic carbocycles. The van der Waals surface area contributed by atoms with Crippen molar-refractivity contribution >= 4 is 22.8 Å². The Balaban J connectivity index is 1.60. The minimum atomic E-state index is -0.330. The molecule has 0 saturated carbocycles. The minimum absolute atomic E-state index is 0.0552. The van der Waals surface area contributed by atoms with Gasteiger partial charge in [-0.25, -0.2) is 4.98 Å². The number of hydrogen-bond acceptors (Lipinski definition) is 3. The molecule has 3 aromatic rings. The predicted octanol–water partition coefficient (Wildman–Crippen LogP) is 2.57. The molecule has 1 saturated heterocycles. The Morgan fingerprint density at radius 1 is 1.15 bits per heavy atom. The van der Waals surface area contributed by atoms with Gasteiger partial charge >= 0.3 is 0 Å². The van der Waals surface area contributed by atoms with Crippen LogP contribution in [0, 0.1) is 5.92 Å². The number of nitrogens with one attached hydrogen (secondary N) is 1. The number of nitrogens with two attached hydrogens (primary N) is 1. The van der Waals surface area contributed by atoms with E-state index in [0.717, 1.165) is 35.0 Å². The quantitative estimate of drug-likeness (QED) is 0.762. The van der Waals surface area contributed by atoms with Crippen LogP contribution in [0.5, 0.6) is 0 Å². The number of piperidine rings is 1. The largest absolute Gasteiger partial charge is 0.369 e. The maximum absolute atomic E-state index is 12.9. The highest BCUT2D eigenvalue weighted by atomic mass is 16.2. The lowest BCUT2D eigenvalue weighted by Crippen LogP contribution is -2.44. The van der Waals surface area contributed by atoms with Gasteiger partial charge in [0, 0.05) is 18.7 Å². The van der Waals surface area contributed by atoms with Crippen LogP contribution in [0.1, 0.15) is 23.2 Å². The lowest BCUT2D eigenvalue weighted by atomic mass is 9.96. The van der Waals surface area contributed by atoms with E-state index in [9.17, 15) is 9.59 Å². The standard InChI is InChI=1S/C20H20N4O2/c21-19(25)16-5-2-8-24(11-16)20(26)15-4-1-3-13(9-15)14-6-7-17-18(10-14)23-12-22-17/h1,3-4,6-7,9-10,12,16H,2,5,8,11H2,(H2,21,25)(H,22,23)/t16-/m0/s1. The van der Waals surface area contributed by atoms with Crippen molar-refractivity contribution in [3.63, 3.8) is 0 Å². The second-order valence-electron chi connectivity index (χ2n) is 6.71. The van der Waals surface area contributed by atoms with Gasteiger partial charge in [0.25, 0.3) is 5.91 Å². The summed E-state index contributed by atoms with van der Waals surface area (Å²) < 4.78 is 0. The topological polar surface area (TPSA) is 92.1 Å². The van der Waals surface area contributed by atoms with Crippen molar-refractivity contribution in [3.05, 3.63) is 54.4 Å². The summed E-state index contributed by atoms with van der Waals surface area (Å²) in [6.45, 7) is 1.06. The molecule has 0 spiro atoms. The van der Waals surface area contributed by atoms with Crippen molar-refractivity contribution in [2.45, 2.75) is 12.8 Å². The van der Waals surface area contributed by atoms with E-state index < -0.39 is 0 Å². The second-order valence-corrected chi connectivity index (χ2v) is 6.71. The van der Waals surface area contributed by atoms with Crippen LogP contribution in [0.4, 0.5) is 0 Å². The Bertz CT molecular complexity index is 979. The number of imidazole rings is 1. The predicted molar refractivity (Wildman–Crippen MR) is 99.4 cm³/mol. The van der Waals surface area contributed by atoms with E-state index in [4.69, 9.17) is 5.73 Å². The number of carbonyl (C=O) groups is 2. The molecule has 6 heteroatoms. The minimum Gasteiger partial charge on any atom is -0.369 e. The van der Waals surface area contributed by atoms with Crippen LogP contribution < -0.4 is 5.73 Å². The number of primary amides is 1. The SMILES string of the molecule is NC(=O)[C@H]1CCCN(C(=O)c2cccc(-c3ccc4nc[nH]c4c3)c2)C1. The van der Waals surface area contributed by atoms with E-state index in [2.05, 4.69) is 9.97 Å². The van der Waals surface area contributed by atoms with Crippen molar-refractivity contribution in [2.24, 2.45) is 11.7 Å². The summed E-state index contributed by atoms with van der Waals surface area (Å²) in [6.07, 6.45) is 3.22. The number of aromatic amines is 1. The summed E-state index contributed by atoms with van der Waals surface area (Å²) in [5, 5.41) is 0. The van der Waals surface area contributed by atoms with Crippen LogP contribution in [-0.4, -0.2) is 39.8 Å². The molecule has 2 heterocycles. The molecule has 0 unspecified atom stereocenters. The molecule has 26 heavy (non-hydrogen) atoms. The van der Waals surface area contributed by atoms with E-state index >= 15 is 0 Å². The number of carbonyl (C=O) groups excluding carboxylic acids is 2. The van der Waals surface area contributed by atoms with Crippen molar-refractivity contribution in [1.82, 2.24) is 14.9 Å². The Kier molecular flexibility index (Phi) is 4.16. The number of H-pyrrole nitrogens is 1. The first-order valence-electron chi connectivity index (χ1n) is 8.74. The molecular formula is C20H20N4O2. The number of fused-ring (bicyclic) bond motifs is 1. The summed E-state index contributed by atoms with van der Waals surface area (Å²) in [7, 11) is 0. The second kappa shape index (κ2) is 6.63. The highest BCUT2D eigenvalue weighted by molar-refractivity contribution is 5.96. The number of hydrogen-bond donors (Lipinski definition) is 2. The fourth-order valence-corrected chi connectivity index (χ4v) is 3.52. The molecule has 1 aliphatic rings. The van der Waals surface area contributed by atoms with E-state index in [1.54, 1.807) is 11.2 Å². The highest BCUT2D eigenvalue weighted by Crippen LogP contribution is 2.25. The van der Waals surface area contributed by atoms with Crippen molar-refractivity contribution in [1.29, 1.82) is 0 Å². The van der Waals surface area contributed by atoms with Gasteiger partial charge in [-0.05, 0) is 48.2 Å². The Labute approximate surface area is 151 Å². The van der Waals surface area contributed by atoms with Gasteiger partial charge in [0.15, 0.2) is 0 Å². The van der Waals surface area contributed by atoms with Gasteiger partial charge in [0.05, 0.1) is 23.3 Å². The Hall–Kier alpha value is -3.15. The molecule has 4 rings (SSSR count). The molecule has 132 valence electrons. The summed E-state index contributed by atoms with van der Waals surface area (Å²) in [4.78, 5) is 33.4. The van der Waals surface area contributed by atoms with Crippen LogP contribution in [0.15, 0.2) is 48.8 Å². The third-order valence-electron chi connectivity index (χ3n) is 4.97. The van der Waals surface area contributed by atoms with Crippen molar-refractivity contribution in [2.75, 3.05) is 13.1 Å². The number of nitrogens with zero attached hydrogens (tertiary/aromatic N) is 2. The first kappa shape index (κ1) is 16.3. The average molecular weight is 348 g/mol. The van der Waals surface area contributed by atoms with Gasteiger partial charge in [-0.2, -0.15) is 0 Å². The molecule has 1 fully saturated rings. The van der Waals surface area contributed by atoms with E-state index in [-0.39, 0.29) is 17.7 Å². The molecular weight excluding hydrogens is 328 g/mol. The number of amides is 2. The van der Waals surface area contributed by atoms with Gasteiger partial charge in [-0.15, -0.1) is 0 Å². The summed E-state index contributed by atoms with van der Waals surface area (Å²) in [5.74, 6) is -0.636. The van der Waals surface area contributed by atoms with E-state index in [1.165, 1.54) is 0 Å². The first-order chi connectivity index (χ1) is 12.6. The van der Waals surface area contributed by atoms with E-state index in [1.807, 2.05) is 42.5 Å².